The molecule has 0 aromatic heterocycles. The summed E-state index contributed by atoms with van der Waals surface area (Å²) >= 11 is 0. The quantitative estimate of drug-likeness (QED) is 0.818. The van der Waals surface area contributed by atoms with Gasteiger partial charge in [-0.05, 0) is 49.5 Å². The molecule has 108 valence electrons. The van der Waals surface area contributed by atoms with E-state index in [1.54, 1.807) is 0 Å². The first-order valence-corrected chi connectivity index (χ1v) is 8.13. The molecule has 1 aromatic carbocycles. The number of nitrogens with zero attached hydrogens (tertiary/aromatic N) is 1. The molecule has 3 rings (SSSR count). The van der Waals surface area contributed by atoms with E-state index in [2.05, 4.69) is 35.2 Å². The van der Waals surface area contributed by atoms with Gasteiger partial charge in [0.25, 0.3) is 0 Å². The lowest BCUT2D eigenvalue weighted by Crippen LogP contribution is -2.40. The molecule has 1 heterocycles. The average Bonchev–Trinajstić information content (AvgIpc) is 2.44. The van der Waals surface area contributed by atoms with Gasteiger partial charge in [0, 0.05) is 19.5 Å². The van der Waals surface area contributed by atoms with Crippen molar-refractivity contribution in [2.45, 2.75) is 44.9 Å². The van der Waals surface area contributed by atoms with Crippen molar-refractivity contribution >= 4 is 5.91 Å². The number of amides is 1. The summed E-state index contributed by atoms with van der Waals surface area (Å²) in [5, 5.41) is 0. The smallest absolute Gasteiger partial charge is 0.222 e. The van der Waals surface area contributed by atoms with Gasteiger partial charge in [0.05, 0.1) is 0 Å². The molecule has 0 spiro atoms. The Morgan fingerprint density at radius 1 is 1.00 bits per heavy atom. The molecule has 1 saturated heterocycles. The van der Waals surface area contributed by atoms with Crippen molar-refractivity contribution < 1.29 is 4.79 Å². The molecule has 1 aliphatic heterocycles. The maximum Gasteiger partial charge on any atom is 0.222 e. The number of benzene rings is 1. The molecule has 2 fully saturated rings. The zero-order valence-electron chi connectivity index (χ0n) is 12.3. The van der Waals surface area contributed by atoms with Gasteiger partial charge in [0.2, 0.25) is 5.91 Å². The number of carbonyl (C=O) groups excluding carboxylic acids is 1. The van der Waals surface area contributed by atoms with Gasteiger partial charge in [-0.2, -0.15) is 0 Å². The van der Waals surface area contributed by atoms with Gasteiger partial charge in [0.1, 0.15) is 0 Å². The summed E-state index contributed by atoms with van der Waals surface area (Å²) in [6, 6.07) is 10.7. The van der Waals surface area contributed by atoms with Gasteiger partial charge < -0.3 is 4.90 Å². The summed E-state index contributed by atoms with van der Waals surface area (Å²) in [4.78, 5) is 14.3. The molecular weight excluding hydrogens is 246 g/mol. The molecule has 0 unspecified atom stereocenters. The normalized spacial score (nSPS) is 20.7. The van der Waals surface area contributed by atoms with Gasteiger partial charge >= 0.3 is 0 Å². The van der Waals surface area contributed by atoms with E-state index < -0.39 is 0 Å². The van der Waals surface area contributed by atoms with E-state index in [1.165, 1.54) is 44.1 Å². The Balaban J connectivity index is 1.43. The van der Waals surface area contributed by atoms with E-state index in [0.29, 0.717) is 11.8 Å². The lowest BCUT2D eigenvalue weighted by Gasteiger charge is -2.34. The fourth-order valence-corrected chi connectivity index (χ4v) is 3.41. The van der Waals surface area contributed by atoms with Gasteiger partial charge in [0.15, 0.2) is 0 Å². The zero-order valence-corrected chi connectivity index (χ0v) is 12.3. The second kappa shape index (κ2) is 6.43. The molecule has 0 N–H and O–H groups in total. The largest absolute Gasteiger partial charge is 0.343 e. The molecule has 2 heteroatoms. The molecule has 0 radical (unpaired) electrons. The first kappa shape index (κ1) is 13.7. The first-order valence-electron chi connectivity index (χ1n) is 8.13. The van der Waals surface area contributed by atoms with Gasteiger partial charge in [-0.25, -0.2) is 0 Å². The zero-order chi connectivity index (χ0) is 13.8. The highest BCUT2D eigenvalue weighted by Gasteiger charge is 2.26. The maximum atomic E-state index is 12.2. The molecular formula is C18H25NO. The highest BCUT2D eigenvalue weighted by Crippen LogP contribution is 2.30. The molecule has 2 aliphatic rings. The molecule has 20 heavy (non-hydrogen) atoms. The Hall–Kier alpha value is -1.31. The lowest BCUT2D eigenvalue weighted by molar-refractivity contribution is -0.134. The number of hydrogen-bond acceptors (Lipinski definition) is 1. The molecule has 0 atom stereocenters. The van der Waals surface area contributed by atoms with Crippen molar-refractivity contribution in [1.29, 1.82) is 0 Å². The van der Waals surface area contributed by atoms with Gasteiger partial charge in [-0.3, -0.25) is 4.79 Å². The summed E-state index contributed by atoms with van der Waals surface area (Å²) in [6.07, 6.45) is 8.20. The van der Waals surface area contributed by atoms with Crippen molar-refractivity contribution in [2.75, 3.05) is 13.1 Å². The predicted octanol–water partition coefficient (Wildman–Crippen LogP) is 3.66. The summed E-state index contributed by atoms with van der Waals surface area (Å²) in [5.74, 6) is 1.86. The molecule has 0 bridgehead atoms. The highest BCUT2D eigenvalue weighted by molar-refractivity contribution is 5.76. The predicted molar refractivity (Wildman–Crippen MR) is 81.4 cm³/mol. The third-order valence-electron chi connectivity index (χ3n) is 5.02. The Kier molecular flexibility index (Phi) is 4.39. The topological polar surface area (TPSA) is 20.3 Å². The first-order chi connectivity index (χ1) is 9.81. The van der Waals surface area contributed by atoms with Gasteiger partial charge in [-0.15, -0.1) is 0 Å². The van der Waals surface area contributed by atoms with E-state index in [4.69, 9.17) is 0 Å². The number of carbonyl (C=O) groups is 1. The minimum Gasteiger partial charge on any atom is -0.343 e. The Morgan fingerprint density at radius 2 is 1.70 bits per heavy atom. The number of piperidine rings is 1. The Labute approximate surface area is 122 Å². The third-order valence-corrected chi connectivity index (χ3v) is 5.02. The van der Waals surface area contributed by atoms with Crippen molar-refractivity contribution in [1.82, 2.24) is 4.90 Å². The van der Waals surface area contributed by atoms with Crippen molar-refractivity contribution in [2.24, 2.45) is 11.8 Å². The molecule has 2 nitrogen and oxygen atoms in total. The van der Waals surface area contributed by atoms with Crippen LogP contribution in [0.2, 0.25) is 0 Å². The summed E-state index contributed by atoms with van der Waals surface area (Å²) in [7, 11) is 0. The molecule has 1 saturated carbocycles. The highest BCUT2D eigenvalue weighted by atomic mass is 16.2. The van der Waals surface area contributed by atoms with Crippen LogP contribution in [0.5, 0.6) is 0 Å². The number of rotatable bonds is 4. The van der Waals surface area contributed by atoms with Crippen LogP contribution in [-0.4, -0.2) is 23.9 Å². The second-order valence-electron chi connectivity index (χ2n) is 6.51. The Morgan fingerprint density at radius 3 is 2.30 bits per heavy atom. The van der Waals surface area contributed by atoms with Crippen molar-refractivity contribution in [3.63, 3.8) is 0 Å². The summed E-state index contributed by atoms with van der Waals surface area (Å²) in [5.41, 5.74) is 1.44. The number of likely N-dealkylation sites (tertiary alicyclic amines) is 1. The van der Waals surface area contributed by atoms with Crippen LogP contribution in [0.1, 0.15) is 44.1 Å². The Bertz CT molecular complexity index is 430. The fraction of sp³-hybridized carbons (Fsp3) is 0.611. The SMILES string of the molecule is O=C(CC1CCC1)N1CCC(Cc2ccccc2)CC1. The minimum absolute atomic E-state index is 0.410. The molecule has 1 aromatic rings. The third kappa shape index (κ3) is 3.41. The second-order valence-corrected chi connectivity index (χ2v) is 6.51. The van der Waals surface area contributed by atoms with Crippen LogP contribution >= 0.6 is 0 Å². The van der Waals surface area contributed by atoms with E-state index >= 15 is 0 Å². The van der Waals surface area contributed by atoms with E-state index in [9.17, 15) is 4.79 Å². The van der Waals surface area contributed by atoms with Crippen molar-refractivity contribution in [3.8, 4) is 0 Å². The average molecular weight is 271 g/mol. The van der Waals surface area contributed by atoms with Crippen LogP contribution < -0.4 is 0 Å². The summed E-state index contributed by atoms with van der Waals surface area (Å²) in [6.45, 7) is 1.95. The van der Waals surface area contributed by atoms with E-state index in [0.717, 1.165) is 25.4 Å². The van der Waals surface area contributed by atoms with Crippen LogP contribution in [0.15, 0.2) is 30.3 Å². The molecule has 1 amide bonds. The fourth-order valence-electron chi connectivity index (χ4n) is 3.41. The lowest BCUT2D eigenvalue weighted by atomic mass is 9.82. The standard InChI is InChI=1S/C18H25NO/c20-18(14-16-7-4-8-16)19-11-9-17(10-12-19)13-15-5-2-1-3-6-15/h1-3,5-6,16-17H,4,7-14H2. The minimum atomic E-state index is 0.410. The monoisotopic (exact) mass is 271 g/mol. The summed E-state index contributed by atoms with van der Waals surface area (Å²) < 4.78 is 0. The molecule has 1 aliphatic carbocycles. The number of hydrogen-bond donors (Lipinski definition) is 0. The van der Waals surface area contributed by atoms with E-state index in [-0.39, 0.29) is 0 Å². The maximum absolute atomic E-state index is 12.2. The van der Waals surface area contributed by atoms with E-state index in [1.807, 2.05) is 0 Å². The van der Waals surface area contributed by atoms with Crippen LogP contribution in [0, 0.1) is 11.8 Å². The van der Waals surface area contributed by atoms with Crippen molar-refractivity contribution in [3.05, 3.63) is 35.9 Å². The van der Waals surface area contributed by atoms with Crippen LogP contribution in [-0.2, 0) is 11.2 Å². The van der Waals surface area contributed by atoms with Crippen LogP contribution in [0.4, 0.5) is 0 Å². The van der Waals surface area contributed by atoms with Crippen LogP contribution in [0.25, 0.3) is 0 Å². The van der Waals surface area contributed by atoms with Gasteiger partial charge in [-0.1, -0.05) is 36.8 Å². The van der Waals surface area contributed by atoms with Crippen LogP contribution in [0.3, 0.4) is 0 Å².